The van der Waals surface area contributed by atoms with Gasteiger partial charge in [0.1, 0.15) is 13.2 Å². The van der Waals surface area contributed by atoms with Gasteiger partial charge in [-0.1, -0.05) is 6.07 Å². The summed E-state index contributed by atoms with van der Waals surface area (Å²) in [6.45, 7) is 1.66. The van der Waals surface area contributed by atoms with E-state index in [1.165, 1.54) is 0 Å². The summed E-state index contributed by atoms with van der Waals surface area (Å²) >= 11 is 0. The van der Waals surface area contributed by atoms with Crippen LogP contribution in [0, 0.1) is 5.92 Å². The van der Waals surface area contributed by atoms with Gasteiger partial charge in [-0.05, 0) is 29.8 Å². The summed E-state index contributed by atoms with van der Waals surface area (Å²) in [6.07, 6.45) is 0.173. The minimum atomic E-state index is -0.411. The fraction of sp³-hybridized carbons (Fsp3) is 0.364. The Morgan fingerprint density at radius 2 is 1.83 bits per heavy atom. The number of carbonyl (C=O) groups is 2. The van der Waals surface area contributed by atoms with Crippen molar-refractivity contribution in [3.05, 3.63) is 42.0 Å². The van der Waals surface area contributed by atoms with Gasteiger partial charge in [-0.2, -0.15) is 0 Å². The van der Waals surface area contributed by atoms with Gasteiger partial charge in [0, 0.05) is 31.3 Å². The number of ether oxygens (including phenoxy) is 4. The molecule has 30 heavy (non-hydrogen) atoms. The van der Waals surface area contributed by atoms with Crippen LogP contribution in [0.15, 0.2) is 36.4 Å². The number of hydrogen-bond acceptors (Lipinski definition) is 6. The van der Waals surface area contributed by atoms with E-state index in [4.69, 9.17) is 18.9 Å². The summed E-state index contributed by atoms with van der Waals surface area (Å²) < 4.78 is 21.6. The van der Waals surface area contributed by atoms with Gasteiger partial charge in [-0.25, -0.2) is 0 Å². The van der Waals surface area contributed by atoms with Crippen LogP contribution in [0.1, 0.15) is 12.0 Å². The first kappa shape index (κ1) is 19.9. The van der Waals surface area contributed by atoms with Crippen molar-refractivity contribution in [2.45, 2.75) is 13.0 Å². The molecule has 2 amide bonds. The van der Waals surface area contributed by atoms with E-state index in [0.717, 1.165) is 5.56 Å². The van der Waals surface area contributed by atoms with Crippen molar-refractivity contribution in [1.82, 2.24) is 5.32 Å². The molecule has 1 fully saturated rings. The number of nitrogens with zero attached hydrogens (tertiary/aromatic N) is 1. The number of benzene rings is 2. The smallest absolute Gasteiger partial charge is 0.227 e. The Kier molecular flexibility index (Phi) is 5.65. The maximum Gasteiger partial charge on any atom is 0.227 e. The molecular formula is C22H24N2O6. The molecule has 2 heterocycles. The van der Waals surface area contributed by atoms with Crippen LogP contribution in [0.25, 0.3) is 0 Å². The number of nitrogens with one attached hydrogen (secondary N) is 1. The highest BCUT2D eigenvalue weighted by Crippen LogP contribution is 2.36. The molecule has 2 aliphatic heterocycles. The molecule has 158 valence electrons. The second-order valence-electron chi connectivity index (χ2n) is 7.14. The molecule has 0 bridgehead atoms. The molecule has 1 N–H and O–H groups in total. The van der Waals surface area contributed by atoms with Crippen molar-refractivity contribution in [2.24, 2.45) is 5.92 Å². The number of rotatable bonds is 6. The first-order chi connectivity index (χ1) is 14.6. The lowest BCUT2D eigenvalue weighted by Gasteiger charge is -2.22. The first-order valence-corrected chi connectivity index (χ1v) is 9.77. The van der Waals surface area contributed by atoms with Crippen molar-refractivity contribution in [3.63, 3.8) is 0 Å². The largest absolute Gasteiger partial charge is 0.493 e. The molecule has 0 unspecified atom stereocenters. The summed E-state index contributed by atoms with van der Waals surface area (Å²) in [4.78, 5) is 26.8. The van der Waals surface area contributed by atoms with Gasteiger partial charge in [0.15, 0.2) is 23.0 Å². The zero-order chi connectivity index (χ0) is 21.1. The number of amides is 2. The van der Waals surface area contributed by atoms with E-state index in [-0.39, 0.29) is 18.2 Å². The molecule has 2 aromatic rings. The highest BCUT2D eigenvalue weighted by molar-refractivity contribution is 6.00. The van der Waals surface area contributed by atoms with Crippen LogP contribution in [0.4, 0.5) is 5.69 Å². The Balaban J connectivity index is 1.38. The van der Waals surface area contributed by atoms with Crippen LogP contribution in [0.3, 0.4) is 0 Å². The lowest BCUT2D eigenvalue weighted by Crippen LogP contribution is -2.32. The Morgan fingerprint density at radius 1 is 1.07 bits per heavy atom. The summed E-state index contributed by atoms with van der Waals surface area (Å²) in [5, 5.41) is 2.91. The number of hydrogen-bond donors (Lipinski definition) is 1. The molecule has 0 aliphatic carbocycles. The topological polar surface area (TPSA) is 86.3 Å². The molecule has 4 rings (SSSR count). The molecule has 0 spiro atoms. The van der Waals surface area contributed by atoms with Gasteiger partial charge in [0.25, 0.3) is 0 Å². The van der Waals surface area contributed by atoms with Crippen molar-refractivity contribution >= 4 is 17.5 Å². The molecule has 1 atom stereocenters. The van der Waals surface area contributed by atoms with Crippen LogP contribution >= 0.6 is 0 Å². The number of fused-ring (bicyclic) bond motifs is 1. The third-order valence-electron chi connectivity index (χ3n) is 5.25. The van der Waals surface area contributed by atoms with E-state index in [2.05, 4.69) is 5.32 Å². The third-order valence-corrected chi connectivity index (χ3v) is 5.25. The minimum absolute atomic E-state index is 0.0852. The zero-order valence-electron chi connectivity index (χ0n) is 17.0. The molecule has 0 aromatic heterocycles. The van der Waals surface area contributed by atoms with Crippen LogP contribution in [0.5, 0.6) is 23.0 Å². The maximum absolute atomic E-state index is 12.7. The summed E-state index contributed by atoms with van der Waals surface area (Å²) in [5.41, 5.74) is 1.59. The van der Waals surface area contributed by atoms with Gasteiger partial charge in [0.05, 0.1) is 20.1 Å². The zero-order valence-corrected chi connectivity index (χ0v) is 17.0. The second kappa shape index (κ2) is 8.52. The minimum Gasteiger partial charge on any atom is -0.493 e. The summed E-state index contributed by atoms with van der Waals surface area (Å²) in [5.74, 6) is 1.87. The SMILES string of the molecule is COc1ccc(CNC(=O)[C@@H]2CC(=O)N(c3ccc4c(c3)OCCO4)C2)cc1OC. The summed E-state index contributed by atoms with van der Waals surface area (Å²) in [6, 6.07) is 10.9. The summed E-state index contributed by atoms with van der Waals surface area (Å²) in [7, 11) is 3.14. The lowest BCUT2D eigenvalue weighted by molar-refractivity contribution is -0.126. The molecule has 1 saturated heterocycles. The average molecular weight is 412 g/mol. The quantitative estimate of drug-likeness (QED) is 0.783. The highest BCUT2D eigenvalue weighted by atomic mass is 16.6. The molecule has 8 nitrogen and oxygen atoms in total. The van der Waals surface area contributed by atoms with Crippen molar-refractivity contribution in [1.29, 1.82) is 0 Å². The van der Waals surface area contributed by atoms with E-state index in [1.54, 1.807) is 37.3 Å². The van der Waals surface area contributed by atoms with Gasteiger partial charge in [0.2, 0.25) is 11.8 Å². The Bertz CT molecular complexity index is 961. The lowest BCUT2D eigenvalue weighted by atomic mass is 10.1. The molecule has 0 radical (unpaired) electrons. The van der Waals surface area contributed by atoms with Gasteiger partial charge in [-0.3, -0.25) is 9.59 Å². The molecular weight excluding hydrogens is 388 g/mol. The Morgan fingerprint density at radius 3 is 2.60 bits per heavy atom. The van der Waals surface area contributed by atoms with E-state index in [0.29, 0.717) is 55.0 Å². The predicted molar refractivity (Wildman–Crippen MR) is 109 cm³/mol. The fourth-order valence-corrected chi connectivity index (χ4v) is 3.66. The number of carbonyl (C=O) groups excluding carboxylic acids is 2. The first-order valence-electron chi connectivity index (χ1n) is 9.77. The number of methoxy groups -OCH3 is 2. The van der Waals surface area contributed by atoms with Gasteiger partial charge < -0.3 is 29.2 Å². The second-order valence-corrected chi connectivity index (χ2v) is 7.14. The van der Waals surface area contributed by atoms with E-state index >= 15 is 0 Å². The molecule has 2 aliphatic rings. The van der Waals surface area contributed by atoms with Crippen LogP contribution < -0.4 is 29.2 Å². The fourth-order valence-electron chi connectivity index (χ4n) is 3.66. The molecule has 2 aromatic carbocycles. The van der Waals surface area contributed by atoms with Crippen LogP contribution in [-0.2, 0) is 16.1 Å². The van der Waals surface area contributed by atoms with Gasteiger partial charge in [-0.15, -0.1) is 0 Å². The van der Waals surface area contributed by atoms with Crippen LogP contribution in [-0.4, -0.2) is 45.8 Å². The Hall–Kier alpha value is -3.42. The normalized spacial score (nSPS) is 17.6. The highest BCUT2D eigenvalue weighted by Gasteiger charge is 2.35. The number of anilines is 1. The average Bonchev–Trinajstić information content (AvgIpc) is 3.18. The monoisotopic (exact) mass is 412 g/mol. The van der Waals surface area contributed by atoms with Crippen molar-refractivity contribution < 1.29 is 28.5 Å². The van der Waals surface area contributed by atoms with E-state index < -0.39 is 5.92 Å². The molecule has 8 heteroatoms. The van der Waals surface area contributed by atoms with Crippen molar-refractivity contribution in [2.75, 3.05) is 38.9 Å². The van der Waals surface area contributed by atoms with Crippen LogP contribution in [0.2, 0.25) is 0 Å². The third kappa shape index (κ3) is 3.98. The van der Waals surface area contributed by atoms with Crippen molar-refractivity contribution in [3.8, 4) is 23.0 Å². The standard InChI is InChI=1S/C22H24N2O6/c1-27-17-5-3-14(9-19(17)28-2)12-23-22(26)15-10-21(25)24(13-15)16-4-6-18-20(11-16)30-8-7-29-18/h3-6,9,11,15H,7-8,10,12-13H2,1-2H3,(H,23,26)/t15-/m1/s1. The van der Waals surface area contributed by atoms with Gasteiger partial charge >= 0.3 is 0 Å². The molecule has 0 saturated carbocycles. The Labute approximate surface area is 174 Å². The predicted octanol–water partition coefficient (Wildman–Crippen LogP) is 2.14. The van der Waals surface area contributed by atoms with E-state index in [1.807, 2.05) is 18.2 Å². The van der Waals surface area contributed by atoms with E-state index in [9.17, 15) is 9.59 Å². The maximum atomic E-state index is 12.7.